The van der Waals surface area contributed by atoms with Crippen molar-refractivity contribution in [2.75, 3.05) is 5.32 Å². The molecule has 0 aliphatic carbocycles. The summed E-state index contributed by atoms with van der Waals surface area (Å²) >= 11 is 1.20. The molecule has 4 aromatic rings. The third kappa shape index (κ3) is 4.15. The van der Waals surface area contributed by atoms with Gasteiger partial charge < -0.3 is 14.2 Å². The van der Waals surface area contributed by atoms with E-state index in [0.29, 0.717) is 11.0 Å². The lowest BCUT2D eigenvalue weighted by atomic mass is 10.1. The van der Waals surface area contributed by atoms with Gasteiger partial charge in [-0.25, -0.2) is 0 Å². The van der Waals surface area contributed by atoms with Crippen LogP contribution in [-0.4, -0.2) is 16.1 Å². The number of aryl methyl sites for hydroxylation is 1. The maximum absolute atomic E-state index is 13.0. The summed E-state index contributed by atoms with van der Waals surface area (Å²) in [6.07, 6.45) is 1.54. The number of furan rings is 1. The molecule has 0 bridgehead atoms. The van der Waals surface area contributed by atoms with Gasteiger partial charge in [0.2, 0.25) is 5.91 Å². The Bertz CT molecular complexity index is 1040. The number of benzene rings is 2. The number of hydrogen-bond donors (Lipinski definition) is 1. The second kappa shape index (κ2) is 8.14. The lowest BCUT2D eigenvalue weighted by molar-refractivity contribution is -0.115. The highest BCUT2D eigenvalue weighted by Gasteiger charge is 2.25. The SMILES string of the molecule is Cc1ccc(NC(=O)[C@@H](Sc2nnc(-c3ccco3)o2)c2ccccc2)cc1. The fraction of sp³-hybridized carbons (Fsp3) is 0.0952. The molecule has 0 saturated carbocycles. The predicted molar refractivity (Wildman–Crippen MR) is 107 cm³/mol. The number of carbonyl (C=O) groups is 1. The van der Waals surface area contributed by atoms with Crippen LogP contribution in [0.5, 0.6) is 0 Å². The summed E-state index contributed by atoms with van der Waals surface area (Å²) in [5, 5.41) is 10.7. The fourth-order valence-electron chi connectivity index (χ4n) is 2.60. The summed E-state index contributed by atoms with van der Waals surface area (Å²) in [6.45, 7) is 2.00. The zero-order valence-electron chi connectivity index (χ0n) is 15.0. The van der Waals surface area contributed by atoms with Gasteiger partial charge in [-0.2, -0.15) is 0 Å². The smallest absolute Gasteiger partial charge is 0.284 e. The van der Waals surface area contributed by atoms with Crippen molar-refractivity contribution in [2.45, 2.75) is 17.4 Å². The summed E-state index contributed by atoms with van der Waals surface area (Å²) in [5.41, 5.74) is 2.71. The molecular formula is C21H17N3O3S. The number of rotatable bonds is 6. The fourth-order valence-corrected chi connectivity index (χ4v) is 3.48. The standard InChI is InChI=1S/C21H17N3O3S/c1-14-9-11-16(12-10-14)22-19(25)18(15-6-3-2-4-7-15)28-21-24-23-20(27-21)17-8-5-13-26-17/h2-13,18H,1H3,(H,22,25)/t18-/m0/s1. The van der Waals surface area contributed by atoms with E-state index >= 15 is 0 Å². The van der Waals surface area contributed by atoms with Gasteiger partial charge in [0.15, 0.2) is 5.76 Å². The van der Waals surface area contributed by atoms with E-state index in [2.05, 4.69) is 15.5 Å². The predicted octanol–water partition coefficient (Wildman–Crippen LogP) is 5.11. The number of nitrogens with one attached hydrogen (secondary N) is 1. The second-order valence-corrected chi connectivity index (χ2v) is 7.17. The van der Waals surface area contributed by atoms with Crippen LogP contribution in [0.4, 0.5) is 5.69 Å². The Morgan fingerprint density at radius 1 is 1.00 bits per heavy atom. The molecule has 2 aromatic heterocycles. The Morgan fingerprint density at radius 2 is 1.79 bits per heavy atom. The van der Waals surface area contributed by atoms with E-state index in [0.717, 1.165) is 16.8 Å². The minimum atomic E-state index is -0.549. The van der Waals surface area contributed by atoms with Crippen LogP contribution < -0.4 is 5.32 Å². The molecule has 6 nitrogen and oxygen atoms in total. The zero-order chi connectivity index (χ0) is 19.3. The van der Waals surface area contributed by atoms with Crippen molar-refractivity contribution in [1.82, 2.24) is 10.2 Å². The van der Waals surface area contributed by atoms with E-state index < -0.39 is 5.25 Å². The second-order valence-electron chi connectivity index (χ2n) is 6.11. The van der Waals surface area contributed by atoms with Gasteiger partial charge in [-0.05, 0) is 48.5 Å². The molecule has 0 unspecified atom stereocenters. The summed E-state index contributed by atoms with van der Waals surface area (Å²) < 4.78 is 10.9. The monoisotopic (exact) mass is 391 g/mol. The van der Waals surface area contributed by atoms with Crippen LogP contribution >= 0.6 is 11.8 Å². The zero-order valence-corrected chi connectivity index (χ0v) is 15.8. The minimum absolute atomic E-state index is 0.169. The Labute approximate surface area is 166 Å². The molecule has 1 atom stereocenters. The van der Waals surface area contributed by atoms with Gasteiger partial charge in [0.1, 0.15) is 5.25 Å². The van der Waals surface area contributed by atoms with Crippen LogP contribution in [0.1, 0.15) is 16.4 Å². The topological polar surface area (TPSA) is 81.2 Å². The average Bonchev–Trinajstić information content (AvgIpc) is 3.40. The molecule has 0 aliphatic rings. The molecule has 4 rings (SSSR count). The van der Waals surface area contributed by atoms with Gasteiger partial charge in [0, 0.05) is 5.69 Å². The summed E-state index contributed by atoms with van der Waals surface area (Å²) in [6, 6.07) is 20.6. The van der Waals surface area contributed by atoms with Gasteiger partial charge in [0.25, 0.3) is 11.1 Å². The number of carbonyl (C=O) groups excluding carboxylic acids is 1. The first-order valence-electron chi connectivity index (χ1n) is 8.65. The van der Waals surface area contributed by atoms with E-state index in [-0.39, 0.29) is 11.8 Å². The highest BCUT2D eigenvalue weighted by atomic mass is 32.2. The minimum Gasteiger partial charge on any atom is -0.459 e. The van der Waals surface area contributed by atoms with Gasteiger partial charge in [0.05, 0.1) is 6.26 Å². The highest BCUT2D eigenvalue weighted by Crippen LogP contribution is 2.36. The van der Waals surface area contributed by atoms with E-state index in [9.17, 15) is 4.79 Å². The largest absolute Gasteiger partial charge is 0.459 e. The van der Waals surface area contributed by atoms with Gasteiger partial charge in [-0.3, -0.25) is 4.79 Å². The number of nitrogens with zero attached hydrogens (tertiary/aromatic N) is 2. The van der Waals surface area contributed by atoms with Crippen molar-refractivity contribution < 1.29 is 13.6 Å². The van der Waals surface area contributed by atoms with Crippen LogP contribution in [0.3, 0.4) is 0 Å². The lowest BCUT2D eigenvalue weighted by Crippen LogP contribution is -2.19. The van der Waals surface area contributed by atoms with Crippen molar-refractivity contribution in [3.05, 3.63) is 84.1 Å². The summed E-state index contributed by atoms with van der Waals surface area (Å²) in [7, 11) is 0. The molecule has 0 radical (unpaired) electrons. The van der Waals surface area contributed by atoms with Crippen LogP contribution in [0.25, 0.3) is 11.7 Å². The number of hydrogen-bond acceptors (Lipinski definition) is 6. The third-order valence-corrected chi connectivity index (χ3v) is 5.11. The van der Waals surface area contributed by atoms with Crippen LogP contribution in [-0.2, 0) is 4.79 Å². The Hall–Kier alpha value is -3.32. The maximum Gasteiger partial charge on any atom is 0.284 e. The molecule has 0 saturated heterocycles. The first-order chi connectivity index (χ1) is 13.7. The van der Waals surface area contributed by atoms with Crippen LogP contribution in [0, 0.1) is 6.92 Å². The van der Waals surface area contributed by atoms with Gasteiger partial charge >= 0.3 is 0 Å². The molecule has 0 aliphatic heterocycles. The molecule has 1 amide bonds. The summed E-state index contributed by atoms with van der Waals surface area (Å²) in [5.74, 6) is 0.593. The van der Waals surface area contributed by atoms with Crippen molar-refractivity contribution >= 4 is 23.4 Å². The Kier molecular flexibility index (Phi) is 5.25. The van der Waals surface area contributed by atoms with Gasteiger partial charge in [-0.15, -0.1) is 10.2 Å². The molecule has 140 valence electrons. The molecule has 28 heavy (non-hydrogen) atoms. The quantitative estimate of drug-likeness (QED) is 0.460. The maximum atomic E-state index is 13.0. The van der Waals surface area contributed by atoms with Crippen molar-refractivity contribution in [2.24, 2.45) is 0 Å². The molecule has 7 heteroatoms. The number of thioether (sulfide) groups is 1. The molecule has 1 N–H and O–H groups in total. The average molecular weight is 391 g/mol. The Balaban J connectivity index is 1.57. The number of anilines is 1. The lowest BCUT2D eigenvalue weighted by Gasteiger charge is -2.15. The Morgan fingerprint density at radius 3 is 2.50 bits per heavy atom. The van der Waals surface area contributed by atoms with E-state index in [1.54, 1.807) is 12.1 Å². The normalized spacial score (nSPS) is 11.9. The van der Waals surface area contributed by atoms with Gasteiger partial charge in [-0.1, -0.05) is 48.0 Å². The van der Waals surface area contributed by atoms with E-state index in [1.165, 1.54) is 18.0 Å². The number of aromatic nitrogens is 2. The highest BCUT2D eigenvalue weighted by molar-refractivity contribution is 8.00. The van der Waals surface area contributed by atoms with E-state index in [4.69, 9.17) is 8.83 Å². The molecular weight excluding hydrogens is 374 g/mol. The van der Waals surface area contributed by atoms with Crippen LogP contribution in [0.2, 0.25) is 0 Å². The third-order valence-electron chi connectivity index (χ3n) is 4.02. The van der Waals surface area contributed by atoms with Crippen molar-refractivity contribution in [3.8, 4) is 11.7 Å². The van der Waals surface area contributed by atoms with E-state index in [1.807, 2.05) is 61.5 Å². The first-order valence-corrected chi connectivity index (χ1v) is 9.53. The van der Waals surface area contributed by atoms with Crippen molar-refractivity contribution in [3.63, 3.8) is 0 Å². The molecule has 0 spiro atoms. The molecule has 0 fully saturated rings. The van der Waals surface area contributed by atoms with Crippen LogP contribution in [0.15, 0.2) is 87.1 Å². The first kappa shape index (κ1) is 18.1. The summed E-state index contributed by atoms with van der Waals surface area (Å²) in [4.78, 5) is 13.0. The van der Waals surface area contributed by atoms with Crippen molar-refractivity contribution in [1.29, 1.82) is 0 Å². The molecule has 2 heterocycles. The number of amides is 1. The molecule has 2 aromatic carbocycles.